The van der Waals surface area contributed by atoms with Crippen molar-refractivity contribution in [2.24, 2.45) is 0 Å². The first kappa shape index (κ1) is 11.2. The normalized spacial score (nSPS) is 12.7. The predicted octanol–water partition coefficient (Wildman–Crippen LogP) is 2.39. The number of rotatable bonds is 4. The number of hydrogen-bond acceptors (Lipinski definition) is 5. The van der Waals surface area contributed by atoms with Crippen molar-refractivity contribution < 1.29 is 0 Å². The summed E-state index contributed by atoms with van der Waals surface area (Å²) in [6.45, 7) is 2.92. The van der Waals surface area contributed by atoms with Crippen LogP contribution in [0.1, 0.15) is 6.92 Å². The van der Waals surface area contributed by atoms with Crippen LogP contribution in [0.4, 0.5) is 5.82 Å². The maximum absolute atomic E-state index is 4.30. The van der Waals surface area contributed by atoms with Crippen LogP contribution in [-0.2, 0) is 6.54 Å². The van der Waals surface area contributed by atoms with E-state index in [9.17, 15) is 0 Å². The van der Waals surface area contributed by atoms with Gasteiger partial charge in [-0.05, 0) is 24.4 Å². The van der Waals surface area contributed by atoms with Crippen LogP contribution in [0.5, 0.6) is 0 Å². The van der Waals surface area contributed by atoms with Crippen molar-refractivity contribution in [1.82, 2.24) is 19.7 Å². The summed E-state index contributed by atoms with van der Waals surface area (Å²) in [4.78, 5) is 9.55. The predicted molar refractivity (Wildman–Crippen MR) is 72.7 cm³/mol. The molecule has 0 saturated carbocycles. The van der Waals surface area contributed by atoms with E-state index in [0.29, 0.717) is 0 Å². The summed E-state index contributed by atoms with van der Waals surface area (Å²) in [7, 11) is 0. The summed E-state index contributed by atoms with van der Waals surface area (Å²) in [6, 6.07) is 4.22. The maximum atomic E-state index is 4.30. The Morgan fingerprint density at radius 3 is 3.22 bits per heavy atom. The molecule has 18 heavy (non-hydrogen) atoms. The van der Waals surface area contributed by atoms with Gasteiger partial charge >= 0.3 is 0 Å². The Morgan fingerprint density at radius 1 is 1.44 bits per heavy atom. The first-order chi connectivity index (χ1) is 8.83. The van der Waals surface area contributed by atoms with Gasteiger partial charge in [0.1, 0.15) is 17.0 Å². The second-order valence-corrected chi connectivity index (χ2v) is 5.03. The van der Waals surface area contributed by atoms with Crippen LogP contribution in [0.25, 0.3) is 10.2 Å². The van der Waals surface area contributed by atoms with Crippen molar-refractivity contribution in [3.05, 3.63) is 36.2 Å². The molecule has 1 atom stereocenters. The Kier molecular flexibility index (Phi) is 2.93. The van der Waals surface area contributed by atoms with E-state index >= 15 is 0 Å². The first-order valence-corrected chi connectivity index (χ1v) is 6.63. The van der Waals surface area contributed by atoms with Crippen LogP contribution < -0.4 is 5.32 Å². The first-order valence-electron chi connectivity index (χ1n) is 5.75. The van der Waals surface area contributed by atoms with Gasteiger partial charge in [-0.15, -0.1) is 11.3 Å². The van der Waals surface area contributed by atoms with Crippen molar-refractivity contribution in [2.45, 2.75) is 19.5 Å². The molecule has 0 aliphatic carbocycles. The van der Waals surface area contributed by atoms with Gasteiger partial charge in [0.15, 0.2) is 0 Å². The third kappa shape index (κ3) is 2.19. The Labute approximate surface area is 109 Å². The molecule has 0 saturated heterocycles. The topological polar surface area (TPSA) is 55.6 Å². The van der Waals surface area contributed by atoms with E-state index in [2.05, 4.69) is 27.3 Å². The molecular formula is C12H13N5S. The molecule has 0 amide bonds. The molecule has 3 aromatic rings. The van der Waals surface area contributed by atoms with Crippen molar-refractivity contribution in [2.75, 3.05) is 5.32 Å². The Balaban J connectivity index is 1.77. The molecule has 1 N–H and O–H groups in total. The molecule has 3 rings (SSSR count). The molecule has 0 bridgehead atoms. The van der Waals surface area contributed by atoms with Gasteiger partial charge in [-0.25, -0.2) is 9.97 Å². The lowest BCUT2D eigenvalue weighted by molar-refractivity contribution is 0.560. The lowest BCUT2D eigenvalue weighted by Crippen LogP contribution is -2.22. The van der Waals surface area contributed by atoms with Gasteiger partial charge in [-0.3, -0.25) is 4.68 Å². The third-order valence-corrected chi connectivity index (χ3v) is 3.49. The quantitative estimate of drug-likeness (QED) is 0.781. The summed E-state index contributed by atoms with van der Waals surface area (Å²) in [5.74, 6) is 0.890. The Bertz CT molecular complexity index is 631. The summed E-state index contributed by atoms with van der Waals surface area (Å²) >= 11 is 1.63. The van der Waals surface area contributed by atoms with Crippen molar-refractivity contribution in [3.63, 3.8) is 0 Å². The molecule has 0 unspecified atom stereocenters. The smallest absolute Gasteiger partial charge is 0.138 e. The molecule has 3 aromatic heterocycles. The molecule has 3 heterocycles. The molecule has 0 aliphatic heterocycles. The maximum Gasteiger partial charge on any atom is 0.138 e. The zero-order valence-electron chi connectivity index (χ0n) is 9.95. The van der Waals surface area contributed by atoms with Gasteiger partial charge in [0.05, 0.1) is 11.9 Å². The molecule has 0 radical (unpaired) electrons. The summed E-state index contributed by atoms with van der Waals surface area (Å²) in [5, 5.41) is 10.7. The lowest BCUT2D eigenvalue weighted by Gasteiger charge is -2.14. The molecular weight excluding hydrogens is 246 g/mol. The molecule has 0 aliphatic rings. The van der Waals surface area contributed by atoms with Crippen molar-refractivity contribution >= 4 is 27.4 Å². The average Bonchev–Trinajstić information content (AvgIpc) is 2.99. The molecule has 0 spiro atoms. The van der Waals surface area contributed by atoms with Crippen molar-refractivity contribution in [3.8, 4) is 0 Å². The van der Waals surface area contributed by atoms with Gasteiger partial charge in [0.25, 0.3) is 0 Å². The number of anilines is 1. The second kappa shape index (κ2) is 4.73. The zero-order chi connectivity index (χ0) is 12.4. The lowest BCUT2D eigenvalue weighted by atomic mass is 10.3. The van der Waals surface area contributed by atoms with E-state index in [-0.39, 0.29) is 6.04 Å². The number of fused-ring (bicyclic) bond motifs is 1. The van der Waals surface area contributed by atoms with E-state index in [1.54, 1.807) is 23.9 Å². The Hall–Kier alpha value is -1.95. The van der Waals surface area contributed by atoms with E-state index < -0.39 is 0 Å². The fourth-order valence-corrected chi connectivity index (χ4v) is 2.61. The minimum atomic E-state index is 0.253. The molecule has 0 fully saturated rings. The standard InChI is InChI=1S/C12H13N5S/c1-9(7-17-5-2-4-15-17)16-11-10-3-6-18-12(10)14-8-13-11/h2-6,8-9H,7H2,1H3,(H,13,14,16)/t9-/m1/s1. The van der Waals surface area contributed by atoms with E-state index in [4.69, 9.17) is 0 Å². The van der Waals surface area contributed by atoms with Gasteiger partial charge < -0.3 is 5.32 Å². The fraction of sp³-hybridized carbons (Fsp3) is 0.250. The van der Waals surface area contributed by atoms with E-state index in [0.717, 1.165) is 22.6 Å². The van der Waals surface area contributed by atoms with Crippen molar-refractivity contribution in [1.29, 1.82) is 0 Å². The highest BCUT2D eigenvalue weighted by molar-refractivity contribution is 7.16. The highest BCUT2D eigenvalue weighted by atomic mass is 32.1. The van der Waals surface area contributed by atoms with Crippen LogP contribution >= 0.6 is 11.3 Å². The number of nitrogens with zero attached hydrogens (tertiary/aromatic N) is 4. The molecule has 92 valence electrons. The highest BCUT2D eigenvalue weighted by Crippen LogP contribution is 2.24. The van der Waals surface area contributed by atoms with Crippen LogP contribution in [0.3, 0.4) is 0 Å². The number of aromatic nitrogens is 4. The van der Waals surface area contributed by atoms with E-state index in [1.165, 1.54) is 0 Å². The number of nitrogens with one attached hydrogen (secondary N) is 1. The summed E-state index contributed by atoms with van der Waals surface area (Å²) in [6.07, 6.45) is 5.34. The zero-order valence-corrected chi connectivity index (χ0v) is 10.8. The van der Waals surface area contributed by atoms with Crippen LogP contribution in [0.2, 0.25) is 0 Å². The average molecular weight is 259 g/mol. The van der Waals surface area contributed by atoms with Crippen LogP contribution in [0, 0.1) is 0 Å². The van der Waals surface area contributed by atoms with Gasteiger partial charge in [0, 0.05) is 18.4 Å². The van der Waals surface area contributed by atoms with Gasteiger partial charge in [0.2, 0.25) is 0 Å². The summed E-state index contributed by atoms with van der Waals surface area (Å²) in [5.41, 5.74) is 0. The van der Waals surface area contributed by atoms with Crippen LogP contribution in [0.15, 0.2) is 36.2 Å². The van der Waals surface area contributed by atoms with Crippen LogP contribution in [-0.4, -0.2) is 25.8 Å². The minimum absolute atomic E-state index is 0.253. The second-order valence-electron chi connectivity index (χ2n) is 4.14. The fourth-order valence-electron chi connectivity index (χ4n) is 1.87. The number of thiophene rings is 1. The van der Waals surface area contributed by atoms with Gasteiger partial charge in [-0.1, -0.05) is 0 Å². The third-order valence-electron chi connectivity index (χ3n) is 2.66. The monoisotopic (exact) mass is 259 g/mol. The summed E-state index contributed by atoms with van der Waals surface area (Å²) < 4.78 is 1.91. The molecule has 6 heteroatoms. The molecule has 0 aromatic carbocycles. The highest BCUT2D eigenvalue weighted by Gasteiger charge is 2.08. The largest absolute Gasteiger partial charge is 0.365 e. The Morgan fingerprint density at radius 2 is 2.39 bits per heavy atom. The van der Waals surface area contributed by atoms with E-state index in [1.807, 2.05) is 28.4 Å². The SMILES string of the molecule is C[C@H](Cn1cccn1)Nc1ncnc2sccc12. The van der Waals surface area contributed by atoms with Gasteiger partial charge in [-0.2, -0.15) is 5.10 Å². The molecule has 5 nitrogen and oxygen atoms in total. The minimum Gasteiger partial charge on any atom is -0.365 e. The number of hydrogen-bond donors (Lipinski definition) is 1.